The molecule has 0 saturated heterocycles. The summed E-state index contributed by atoms with van der Waals surface area (Å²) in [6.45, 7) is 0.569. The smallest absolute Gasteiger partial charge is 0.223 e. The number of hydrogen-bond donors (Lipinski definition) is 1. The molecule has 27 heavy (non-hydrogen) atoms. The molecule has 1 N–H and O–H groups in total. The van der Waals surface area contributed by atoms with Crippen LogP contribution in [0.1, 0.15) is 34.9 Å². The quantitative estimate of drug-likeness (QED) is 0.668. The van der Waals surface area contributed by atoms with Gasteiger partial charge in [0.15, 0.2) is 0 Å². The third kappa shape index (κ3) is 4.08. The lowest BCUT2D eigenvalue weighted by Gasteiger charge is -2.19. The minimum atomic E-state index is -0.242. The van der Waals surface area contributed by atoms with Crippen LogP contribution < -0.4 is 5.32 Å². The van der Waals surface area contributed by atoms with Crippen molar-refractivity contribution in [1.82, 2.24) is 5.32 Å². The molecule has 0 bridgehead atoms. The molecular weight excluding hydrogens is 337 g/mol. The van der Waals surface area contributed by atoms with Crippen molar-refractivity contribution in [3.8, 4) is 0 Å². The summed E-state index contributed by atoms with van der Waals surface area (Å²) in [4.78, 5) is 12.6. The van der Waals surface area contributed by atoms with Crippen LogP contribution in [0.15, 0.2) is 84.9 Å². The number of rotatable bonds is 6. The lowest BCUT2D eigenvalue weighted by molar-refractivity contribution is -0.122. The van der Waals surface area contributed by atoms with Gasteiger partial charge in [-0.2, -0.15) is 0 Å². The summed E-state index contributed by atoms with van der Waals surface area (Å²) in [5, 5.41) is 3.14. The van der Waals surface area contributed by atoms with Crippen molar-refractivity contribution < 1.29 is 9.18 Å². The summed E-state index contributed by atoms with van der Waals surface area (Å²) in [5.74, 6) is 0.162. The topological polar surface area (TPSA) is 29.1 Å². The summed E-state index contributed by atoms with van der Waals surface area (Å²) >= 11 is 0. The van der Waals surface area contributed by atoms with E-state index in [2.05, 4.69) is 29.6 Å². The summed E-state index contributed by atoms with van der Waals surface area (Å²) in [7, 11) is 0. The molecule has 1 aliphatic carbocycles. The van der Waals surface area contributed by atoms with Gasteiger partial charge < -0.3 is 5.32 Å². The standard InChI is InChI=1S/C24H22FNO/c25-20-13-11-19(12-14-20)21-15-22(21)24(27)26-16-23(17-7-3-1-4-8-17)18-9-5-2-6-10-18/h1-14,21-23H,15-16H2,(H,26,27). The highest BCUT2D eigenvalue weighted by molar-refractivity contribution is 5.83. The third-order valence-corrected chi connectivity index (χ3v) is 5.31. The first-order chi connectivity index (χ1) is 13.2. The lowest BCUT2D eigenvalue weighted by atomic mass is 9.91. The molecule has 0 aromatic heterocycles. The molecule has 1 amide bonds. The summed E-state index contributed by atoms with van der Waals surface area (Å²) in [6.07, 6.45) is 0.832. The number of hydrogen-bond acceptors (Lipinski definition) is 1. The fourth-order valence-electron chi connectivity index (χ4n) is 3.70. The van der Waals surface area contributed by atoms with Gasteiger partial charge in [-0.3, -0.25) is 4.79 Å². The Balaban J connectivity index is 1.42. The Morgan fingerprint density at radius 3 is 2.00 bits per heavy atom. The summed E-state index contributed by atoms with van der Waals surface area (Å²) in [5.41, 5.74) is 3.42. The van der Waals surface area contributed by atoms with Crippen LogP contribution in [0.4, 0.5) is 4.39 Å². The number of carbonyl (C=O) groups excluding carboxylic acids is 1. The van der Waals surface area contributed by atoms with E-state index >= 15 is 0 Å². The van der Waals surface area contributed by atoms with E-state index in [0.717, 1.165) is 12.0 Å². The fraction of sp³-hybridized carbons (Fsp3) is 0.208. The molecule has 136 valence electrons. The molecule has 3 aromatic carbocycles. The van der Waals surface area contributed by atoms with E-state index in [4.69, 9.17) is 0 Å². The molecule has 1 saturated carbocycles. The van der Waals surface area contributed by atoms with Gasteiger partial charge in [0, 0.05) is 18.4 Å². The third-order valence-electron chi connectivity index (χ3n) is 5.31. The second kappa shape index (κ2) is 7.75. The van der Waals surface area contributed by atoms with Crippen LogP contribution in [-0.4, -0.2) is 12.5 Å². The predicted octanol–water partition coefficient (Wildman–Crippen LogP) is 4.88. The Labute approximate surface area is 159 Å². The van der Waals surface area contributed by atoms with E-state index in [0.29, 0.717) is 6.54 Å². The molecule has 3 heteroatoms. The minimum Gasteiger partial charge on any atom is -0.355 e. The first-order valence-corrected chi connectivity index (χ1v) is 9.35. The van der Waals surface area contributed by atoms with Gasteiger partial charge in [0.1, 0.15) is 5.82 Å². The first-order valence-electron chi connectivity index (χ1n) is 9.35. The largest absolute Gasteiger partial charge is 0.355 e. The predicted molar refractivity (Wildman–Crippen MR) is 105 cm³/mol. The van der Waals surface area contributed by atoms with Crippen LogP contribution in [0.5, 0.6) is 0 Å². The highest BCUT2D eigenvalue weighted by Gasteiger charge is 2.43. The molecule has 0 spiro atoms. The van der Waals surface area contributed by atoms with Crippen molar-refractivity contribution in [1.29, 1.82) is 0 Å². The van der Waals surface area contributed by atoms with E-state index in [1.165, 1.54) is 23.3 Å². The van der Waals surface area contributed by atoms with Gasteiger partial charge in [-0.05, 0) is 41.2 Å². The van der Waals surface area contributed by atoms with Gasteiger partial charge in [0.2, 0.25) is 5.91 Å². The Hall–Kier alpha value is -2.94. The molecule has 0 aliphatic heterocycles. The molecule has 4 rings (SSSR count). The van der Waals surface area contributed by atoms with Crippen LogP contribution in [0.3, 0.4) is 0 Å². The Bertz CT molecular complexity index is 853. The average molecular weight is 359 g/mol. The number of halogens is 1. The summed E-state index contributed by atoms with van der Waals surface area (Å²) in [6, 6.07) is 27.0. The Morgan fingerprint density at radius 2 is 1.44 bits per heavy atom. The van der Waals surface area contributed by atoms with Gasteiger partial charge in [0.05, 0.1) is 0 Å². The zero-order valence-electron chi connectivity index (χ0n) is 15.0. The molecule has 1 fully saturated rings. The molecule has 2 atom stereocenters. The maximum atomic E-state index is 13.1. The van der Waals surface area contributed by atoms with Crippen molar-refractivity contribution >= 4 is 5.91 Å². The van der Waals surface area contributed by atoms with Gasteiger partial charge in [0.25, 0.3) is 0 Å². The van der Waals surface area contributed by atoms with Crippen LogP contribution in [0.25, 0.3) is 0 Å². The zero-order chi connectivity index (χ0) is 18.6. The molecule has 0 heterocycles. The highest BCUT2D eigenvalue weighted by Crippen LogP contribution is 2.47. The van der Waals surface area contributed by atoms with Crippen LogP contribution >= 0.6 is 0 Å². The Kier molecular flexibility index (Phi) is 5.01. The van der Waals surface area contributed by atoms with Gasteiger partial charge in [-0.1, -0.05) is 72.8 Å². The van der Waals surface area contributed by atoms with Crippen molar-refractivity contribution in [2.75, 3.05) is 6.54 Å². The van der Waals surface area contributed by atoms with E-state index in [-0.39, 0.29) is 29.5 Å². The Morgan fingerprint density at radius 1 is 0.889 bits per heavy atom. The summed E-state index contributed by atoms with van der Waals surface area (Å²) < 4.78 is 13.1. The van der Waals surface area contributed by atoms with Gasteiger partial charge in [-0.15, -0.1) is 0 Å². The van der Waals surface area contributed by atoms with Gasteiger partial charge >= 0.3 is 0 Å². The molecule has 0 radical (unpaired) electrons. The number of benzene rings is 3. The number of nitrogens with one attached hydrogen (secondary N) is 1. The van der Waals surface area contributed by atoms with Gasteiger partial charge in [-0.25, -0.2) is 4.39 Å². The zero-order valence-corrected chi connectivity index (χ0v) is 15.0. The first kappa shape index (κ1) is 17.5. The molecule has 2 nitrogen and oxygen atoms in total. The van der Waals surface area contributed by atoms with Crippen molar-refractivity contribution in [2.45, 2.75) is 18.3 Å². The van der Waals surface area contributed by atoms with Crippen LogP contribution in [0.2, 0.25) is 0 Å². The average Bonchev–Trinajstić information content (AvgIpc) is 3.51. The maximum absolute atomic E-state index is 13.1. The second-order valence-electron chi connectivity index (χ2n) is 7.12. The molecular formula is C24H22FNO. The minimum absolute atomic E-state index is 0.0114. The SMILES string of the molecule is O=C(NCC(c1ccccc1)c1ccccc1)C1CC1c1ccc(F)cc1. The maximum Gasteiger partial charge on any atom is 0.223 e. The molecule has 2 unspecified atom stereocenters. The van der Waals surface area contributed by atoms with Crippen molar-refractivity contribution in [2.24, 2.45) is 5.92 Å². The van der Waals surface area contributed by atoms with Crippen LogP contribution in [0, 0.1) is 11.7 Å². The normalized spacial score (nSPS) is 18.3. The molecule has 3 aromatic rings. The van der Waals surface area contributed by atoms with Crippen LogP contribution in [-0.2, 0) is 4.79 Å². The van der Waals surface area contributed by atoms with E-state index < -0.39 is 0 Å². The van der Waals surface area contributed by atoms with E-state index in [1.807, 2.05) is 36.4 Å². The van der Waals surface area contributed by atoms with Crippen molar-refractivity contribution in [3.05, 3.63) is 107 Å². The van der Waals surface area contributed by atoms with E-state index in [1.54, 1.807) is 12.1 Å². The second-order valence-corrected chi connectivity index (χ2v) is 7.12. The molecule has 1 aliphatic rings. The highest BCUT2D eigenvalue weighted by atomic mass is 19.1. The van der Waals surface area contributed by atoms with Crippen molar-refractivity contribution in [3.63, 3.8) is 0 Å². The number of carbonyl (C=O) groups is 1. The fourth-order valence-corrected chi connectivity index (χ4v) is 3.70. The number of amides is 1. The van der Waals surface area contributed by atoms with E-state index in [9.17, 15) is 9.18 Å². The monoisotopic (exact) mass is 359 g/mol. The lowest BCUT2D eigenvalue weighted by Crippen LogP contribution is -2.30.